The molecule has 1 amide bonds. The third-order valence-electron chi connectivity index (χ3n) is 5.50. The van der Waals surface area contributed by atoms with Crippen LogP contribution >= 0.6 is 0 Å². The van der Waals surface area contributed by atoms with Gasteiger partial charge in [0.25, 0.3) is 0 Å². The number of carbonyl (C=O) groups excluding carboxylic acids is 2. The summed E-state index contributed by atoms with van der Waals surface area (Å²) in [5.74, 6) is -3.47. The summed E-state index contributed by atoms with van der Waals surface area (Å²) in [5, 5.41) is 21.8. The minimum atomic E-state index is -3.75. The van der Waals surface area contributed by atoms with Crippen LogP contribution in [0.25, 0.3) is 0 Å². The van der Waals surface area contributed by atoms with E-state index < -0.39 is 33.2 Å². The fourth-order valence-corrected chi connectivity index (χ4v) is 5.50. The van der Waals surface area contributed by atoms with Crippen LogP contribution < -0.4 is 5.32 Å². The Morgan fingerprint density at radius 2 is 1.66 bits per heavy atom. The second-order valence-electron chi connectivity index (χ2n) is 7.66. The first kappa shape index (κ1) is 21.6. The predicted molar refractivity (Wildman–Crippen MR) is 119 cm³/mol. The molecule has 3 aromatic rings. The van der Waals surface area contributed by atoms with E-state index in [1.165, 1.54) is 24.3 Å². The van der Waals surface area contributed by atoms with Crippen molar-refractivity contribution >= 4 is 27.2 Å². The van der Waals surface area contributed by atoms with Gasteiger partial charge in [0, 0.05) is 11.3 Å². The normalized spacial score (nSPS) is 16.9. The zero-order valence-corrected chi connectivity index (χ0v) is 17.8. The van der Waals surface area contributed by atoms with Crippen molar-refractivity contribution in [2.75, 3.05) is 11.1 Å². The number of phenolic OH excluding ortho intramolecular Hbond substituents is 2. The summed E-state index contributed by atoms with van der Waals surface area (Å²) in [4.78, 5) is 25.7. The molecule has 7 nitrogen and oxygen atoms in total. The summed E-state index contributed by atoms with van der Waals surface area (Å²) in [5.41, 5.74) is 2.12. The van der Waals surface area contributed by atoms with E-state index in [0.717, 1.165) is 11.1 Å². The standard InChI is InChI=1S/C24H21NO6S/c26-20-12-10-15(13-21(20)27)9-11-16-5-1-3-7-19(16)25-24(29)18-14-32(30,31)22-8-4-2-6-17(22)23(18)28/h1-8,10,12-13,18,26-27H,9,11,14H2,(H,25,29). The van der Waals surface area contributed by atoms with Crippen LogP contribution in [0.3, 0.4) is 0 Å². The van der Waals surface area contributed by atoms with Gasteiger partial charge in [-0.3, -0.25) is 9.59 Å². The lowest BCUT2D eigenvalue weighted by Crippen LogP contribution is -2.39. The molecular weight excluding hydrogens is 430 g/mol. The molecule has 0 radical (unpaired) electrons. The van der Waals surface area contributed by atoms with Crippen LogP contribution in [-0.2, 0) is 27.5 Å². The smallest absolute Gasteiger partial charge is 0.236 e. The monoisotopic (exact) mass is 451 g/mol. The van der Waals surface area contributed by atoms with Gasteiger partial charge in [-0.1, -0.05) is 42.5 Å². The number of sulfone groups is 1. The van der Waals surface area contributed by atoms with E-state index in [9.17, 15) is 28.2 Å². The third kappa shape index (κ3) is 4.22. The molecule has 0 saturated carbocycles. The Bertz CT molecular complexity index is 1320. The number of anilines is 1. The number of para-hydroxylation sites is 1. The Morgan fingerprint density at radius 3 is 2.44 bits per heavy atom. The molecule has 0 spiro atoms. The average molecular weight is 452 g/mol. The molecule has 0 saturated heterocycles. The third-order valence-corrected chi connectivity index (χ3v) is 7.30. The topological polar surface area (TPSA) is 121 Å². The molecule has 1 aliphatic heterocycles. The number of fused-ring (bicyclic) bond motifs is 1. The Morgan fingerprint density at radius 1 is 0.938 bits per heavy atom. The van der Waals surface area contributed by atoms with Crippen molar-refractivity contribution in [3.05, 3.63) is 83.4 Å². The predicted octanol–water partition coefficient (Wildman–Crippen LogP) is 3.11. The van der Waals surface area contributed by atoms with Crippen LogP contribution in [0.4, 0.5) is 5.69 Å². The maximum atomic E-state index is 12.9. The van der Waals surface area contributed by atoms with E-state index in [0.29, 0.717) is 18.5 Å². The molecule has 0 aliphatic carbocycles. The number of ketones is 1. The highest BCUT2D eigenvalue weighted by atomic mass is 32.2. The van der Waals surface area contributed by atoms with Gasteiger partial charge >= 0.3 is 0 Å². The lowest BCUT2D eigenvalue weighted by atomic mass is 9.97. The summed E-state index contributed by atoms with van der Waals surface area (Å²) in [6.45, 7) is 0. The van der Waals surface area contributed by atoms with Crippen LogP contribution in [0.5, 0.6) is 11.5 Å². The number of carbonyl (C=O) groups is 2. The molecule has 1 unspecified atom stereocenters. The Kier molecular flexibility index (Phi) is 5.71. The second-order valence-corrected chi connectivity index (χ2v) is 9.67. The van der Waals surface area contributed by atoms with Gasteiger partial charge in [-0.25, -0.2) is 8.42 Å². The van der Waals surface area contributed by atoms with Gasteiger partial charge in [-0.2, -0.15) is 0 Å². The number of hydrogen-bond acceptors (Lipinski definition) is 6. The number of amides is 1. The van der Waals surface area contributed by atoms with Crippen molar-refractivity contribution in [3.63, 3.8) is 0 Å². The molecule has 1 atom stereocenters. The second kappa shape index (κ2) is 8.47. The highest BCUT2D eigenvalue weighted by Gasteiger charge is 2.40. The molecule has 4 rings (SSSR count). The number of aryl methyl sites for hydroxylation is 2. The van der Waals surface area contributed by atoms with E-state index >= 15 is 0 Å². The minimum absolute atomic E-state index is 0.0356. The van der Waals surface area contributed by atoms with Gasteiger partial charge in [-0.15, -0.1) is 0 Å². The molecule has 1 heterocycles. The summed E-state index contributed by atoms with van der Waals surface area (Å²) >= 11 is 0. The molecule has 0 bridgehead atoms. The van der Waals surface area contributed by atoms with Crippen LogP contribution in [-0.4, -0.2) is 36.1 Å². The SMILES string of the molecule is O=C(Nc1ccccc1CCc1ccc(O)c(O)c1)C1CS(=O)(=O)c2ccccc2C1=O. The maximum absolute atomic E-state index is 12.9. The number of aromatic hydroxyl groups is 2. The maximum Gasteiger partial charge on any atom is 0.236 e. The number of rotatable bonds is 5. The van der Waals surface area contributed by atoms with Crippen molar-refractivity contribution in [2.24, 2.45) is 5.92 Å². The van der Waals surface area contributed by atoms with Gasteiger partial charge in [-0.05, 0) is 48.2 Å². The van der Waals surface area contributed by atoms with Crippen molar-refractivity contribution in [1.82, 2.24) is 0 Å². The lowest BCUT2D eigenvalue weighted by molar-refractivity contribution is -0.118. The fourth-order valence-electron chi connectivity index (χ4n) is 3.79. The van der Waals surface area contributed by atoms with Gasteiger partial charge in [0.1, 0.15) is 5.92 Å². The quantitative estimate of drug-likeness (QED) is 0.405. The number of hydrogen-bond donors (Lipinski definition) is 3. The molecule has 32 heavy (non-hydrogen) atoms. The van der Waals surface area contributed by atoms with Crippen molar-refractivity contribution in [1.29, 1.82) is 0 Å². The van der Waals surface area contributed by atoms with Gasteiger partial charge in [0.2, 0.25) is 5.91 Å². The van der Waals surface area contributed by atoms with E-state index in [4.69, 9.17) is 0 Å². The zero-order chi connectivity index (χ0) is 22.9. The summed E-state index contributed by atoms with van der Waals surface area (Å²) in [7, 11) is -3.75. The lowest BCUT2D eigenvalue weighted by Gasteiger charge is -2.23. The Balaban J connectivity index is 1.53. The molecule has 0 fully saturated rings. The number of benzene rings is 3. The average Bonchev–Trinajstić information content (AvgIpc) is 2.78. The van der Waals surface area contributed by atoms with E-state index in [1.807, 2.05) is 12.1 Å². The van der Waals surface area contributed by atoms with E-state index in [2.05, 4.69) is 5.32 Å². The molecular formula is C24H21NO6S. The van der Waals surface area contributed by atoms with Crippen molar-refractivity contribution in [3.8, 4) is 11.5 Å². The summed E-state index contributed by atoms with van der Waals surface area (Å²) in [6.07, 6.45) is 1.05. The zero-order valence-electron chi connectivity index (χ0n) is 17.0. The largest absolute Gasteiger partial charge is 0.504 e. The van der Waals surface area contributed by atoms with E-state index in [-0.39, 0.29) is 22.0 Å². The van der Waals surface area contributed by atoms with Gasteiger partial charge in [0.05, 0.1) is 10.6 Å². The molecule has 8 heteroatoms. The Hall–Kier alpha value is -3.65. The number of Topliss-reactive ketones (excluding diaryl/α,β-unsaturated/α-hetero) is 1. The Labute approximate surface area is 185 Å². The molecule has 164 valence electrons. The van der Waals surface area contributed by atoms with Crippen LogP contribution in [0.1, 0.15) is 21.5 Å². The molecule has 3 N–H and O–H groups in total. The van der Waals surface area contributed by atoms with Crippen LogP contribution in [0, 0.1) is 5.92 Å². The first-order valence-electron chi connectivity index (χ1n) is 10.0. The van der Waals surface area contributed by atoms with Gasteiger partial charge < -0.3 is 15.5 Å². The number of phenols is 2. The van der Waals surface area contributed by atoms with Crippen molar-refractivity contribution in [2.45, 2.75) is 17.7 Å². The van der Waals surface area contributed by atoms with Gasteiger partial charge in [0.15, 0.2) is 27.1 Å². The van der Waals surface area contributed by atoms with Crippen molar-refractivity contribution < 1.29 is 28.2 Å². The van der Waals surface area contributed by atoms with Crippen LogP contribution in [0.15, 0.2) is 71.6 Å². The van der Waals surface area contributed by atoms with E-state index in [1.54, 1.807) is 30.3 Å². The molecule has 0 aromatic heterocycles. The first-order valence-corrected chi connectivity index (χ1v) is 11.7. The highest BCUT2D eigenvalue weighted by Crippen LogP contribution is 2.30. The fraction of sp³-hybridized carbons (Fsp3) is 0.167. The molecule has 1 aliphatic rings. The first-order chi connectivity index (χ1) is 15.3. The highest BCUT2D eigenvalue weighted by molar-refractivity contribution is 7.91. The van der Waals surface area contributed by atoms with Crippen LogP contribution in [0.2, 0.25) is 0 Å². The molecule has 3 aromatic carbocycles. The summed E-state index contributed by atoms with van der Waals surface area (Å²) in [6, 6.07) is 17.6. The number of nitrogens with one attached hydrogen (secondary N) is 1. The summed E-state index contributed by atoms with van der Waals surface area (Å²) < 4.78 is 25.2. The minimum Gasteiger partial charge on any atom is -0.504 e.